The number of rotatable bonds is 6. The van der Waals surface area contributed by atoms with Crippen molar-refractivity contribution in [2.24, 2.45) is 0 Å². The van der Waals surface area contributed by atoms with Gasteiger partial charge in [-0.05, 0) is 18.2 Å². The van der Waals surface area contributed by atoms with Gasteiger partial charge in [-0.15, -0.1) is 11.8 Å². The van der Waals surface area contributed by atoms with E-state index in [-0.39, 0.29) is 0 Å². The molecule has 0 aliphatic carbocycles. The number of para-hydroxylation sites is 1. The van der Waals surface area contributed by atoms with E-state index in [1.54, 1.807) is 18.1 Å². The summed E-state index contributed by atoms with van der Waals surface area (Å²) >= 11 is 1.75. The highest BCUT2D eigenvalue weighted by Crippen LogP contribution is 2.23. The van der Waals surface area contributed by atoms with Gasteiger partial charge < -0.3 is 5.32 Å². The standard InChI is InChI=1S/C16H16N4S/c1-2-7-15-14(6-1)16(20-12-19-15)21-10-9-17-11-13-5-3-4-8-18-13/h1-8,12,17H,9-11H2. The number of fused-ring (bicyclic) bond motifs is 1. The predicted octanol–water partition coefficient (Wildman–Crippen LogP) is 2.91. The third kappa shape index (κ3) is 3.77. The molecule has 1 aromatic carbocycles. The topological polar surface area (TPSA) is 50.7 Å². The van der Waals surface area contributed by atoms with Crippen LogP contribution in [0.25, 0.3) is 10.9 Å². The molecule has 2 heterocycles. The number of aromatic nitrogens is 3. The van der Waals surface area contributed by atoms with Gasteiger partial charge in [0, 0.05) is 30.4 Å². The summed E-state index contributed by atoms with van der Waals surface area (Å²) in [5.74, 6) is 0.966. The van der Waals surface area contributed by atoms with Gasteiger partial charge in [-0.25, -0.2) is 9.97 Å². The maximum atomic E-state index is 4.37. The molecule has 5 heteroatoms. The van der Waals surface area contributed by atoms with E-state index in [0.717, 1.165) is 40.5 Å². The van der Waals surface area contributed by atoms with E-state index in [2.05, 4.69) is 26.3 Å². The van der Waals surface area contributed by atoms with Crippen molar-refractivity contribution in [2.75, 3.05) is 12.3 Å². The van der Waals surface area contributed by atoms with Crippen molar-refractivity contribution in [2.45, 2.75) is 11.6 Å². The summed E-state index contributed by atoms with van der Waals surface area (Å²) in [6, 6.07) is 14.1. The van der Waals surface area contributed by atoms with Gasteiger partial charge in [0.1, 0.15) is 11.4 Å². The minimum Gasteiger partial charge on any atom is -0.310 e. The van der Waals surface area contributed by atoms with Crippen LogP contribution >= 0.6 is 11.8 Å². The van der Waals surface area contributed by atoms with Crippen LogP contribution < -0.4 is 5.32 Å². The highest BCUT2D eigenvalue weighted by Gasteiger charge is 2.03. The lowest BCUT2D eigenvalue weighted by atomic mass is 10.2. The van der Waals surface area contributed by atoms with Crippen LogP contribution in [-0.2, 0) is 6.54 Å². The van der Waals surface area contributed by atoms with Crippen molar-refractivity contribution in [3.05, 3.63) is 60.7 Å². The molecule has 106 valence electrons. The molecule has 0 saturated heterocycles. The average molecular weight is 296 g/mol. The SMILES string of the molecule is c1ccc(CNCCSc2ncnc3ccccc23)nc1. The molecule has 2 aromatic heterocycles. The fourth-order valence-corrected chi connectivity index (χ4v) is 2.92. The molecule has 0 radical (unpaired) electrons. The van der Waals surface area contributed by atoms with Crippen molar-refractivity contribution >= 4 is 22.7 Å². The number of nitrogens with one attached hydrogen (secondary N) is 1. The molecular weight excluding hydrogens is 280 g/mol. The van der Waals surface area contributed by atoms with Crippen LogP contribution in [0.15, 0.2) is 60.0 Å². The average Bonchev–Trinajstić information content (AvgIpc) is 2.56. The van der Waals surface area contributed by atoms with Crippen LogP contribution in [0.4, 0.5) is 0 Å². The van der Waals surface area contributed by atoms with Gasteiger partial charge >= 0.3 is 0 Å². The molecule has 0 aliphatic rings. The molecule has 0 unspecified atom stereocenters. The van der Waals surface area contributed by atoms with E-state index in [9.17, 15) is 0 Å². The van der Waals surface area contributed by atoms with Crippen LogP contribution in [0, 0.1) is 0 Å². The summed E-state index contributed by atoms with van der Waals surface area (Å²) in [5, 5.41) is 5.56. The molecule has 0 fully saturated rings. The summed E-state index contributed by atoms with van der Waals surface area (Å²) < 4.78 is 0. The number of benzene rings is 1. The molecule has 3 aromatic rings. The first-order valence-electron chi connectivity index (χ1n) is 6.86. The lowest BCUT2D eigenvalue weighted by molar-refractivity contribution is 0.715. The van der Waals surface area contributed by atoms with Gasteiger partial charge in [0.25, 0.3) is 0 Å². The lowest BCUT2D eigenvalue weighted by Crippen LogP contribution is -2.17. The van der Waals surface area contributed by atoms with Gasteiger partial charge in [0.2, 0.25) is 0 Å². The minimum atomic E-state index is 0.798. The molecule has 0 amide bonds. The van der Waals surface area contributed by atoms with Crippen LogP contribution in [0.1, 0.15) is 5.69 Å². The first-order chi connectivity index (χ1) is 10.4. The Bertz CT molecular complexity index is 697. The molecule has 0 bridgehead atoms. The molecule has 3 rings (SSSR count). The Kier molecular flexibility index (Phi) is 4.76. The molecular formula is C16H16N4S. The third-order valence-electron chi connectivity index (χ3n) is 3.06. The fraction of sp³-hybridized carbons (Fsp3) is 0.188. The number of hydrogen-bond donors (Lipinski definition) is 1. The Hall–Kier alpha value is -1.98. The van der Waals surface area contributed by atoms with E-state index >= 15 is 0 Å². The van der Waals surface area contributed by atoms with E-state index in [0.29, 0.717) is 0 Å². The molecule has 0 aliphatic heterocycles. The summed E-state index contributed by atoms with van der Waals surface area (Å²) in [6.07, 6.45) is 3.45. The second-order valence-corrected chi connectivity index (χ2v) is 5.63. The number of hydrogen-bond acceptors (Lipinski definition) is 5. The Morgan fingerprint density at radius 3 is 2.76 bits per heavy atom. The molecule has 0 saturated carbocycles. The van der Waals surface area contributed by atoms with Gasteiger partial charge in [0.05, 0.1) is 11.2 Å². The zero-order chi connectivity index (χ0) is 14.3. The summed E-state index contributed by atoms with van der Waals surface area (Å²) in [5.41, 5.74) is 2.06. The normalized spacial score (nSPS) is 10.9. The summed E-state index contributed by atoms with van der Waals surface area (Å²) in [7, 11) is 0. The third-order valence-corrected chi connectivity index (χ3v) is 4.06. The van der Waals surface area contributed by atoms with Gasteiger partial charge in [-0.1, -0.05) is 24.3 Å². The van der Waals surface area contributed by atoms with E-state index < -0.39 is 0 Å². The Labute approximate surface area is 128 Å². The van der Waals surface area contributed by atoms with Crippen molar-refractivity contribution in [1.29, 1.82) is 0 Å². The number of pyridine rings is 1. The van der Waals surface area contributed by atoms with Gasteiger partial charge in [-0.2, -0.15) is 0 Å². The highest BCUT2D eigenvalue weighted by molar-refractivity contribution is 7.99. The Balaban J connectivity index is 1.51. The maximum Gasteiger partial charge on any atom is 0.117 e. The molecule has 21 heavy (non-hydrogen) atoms. The molecule has 1 N–H and O–H groups in total. The first-order valence-corrected chi connectivity index (χ1v) is 7.85. The van der Waals surface area contributed by atoms with Crippen molar-refractivity contribution in [3.8, 4) is 0 Å². The number of thioether (sulfide) groups is 1. The highest BCUT2D eigenvalue weighted by atomic mass is 32.2. The quantitative estimate of drug-likeness (QED) is 0.430. The van der Waals surface area contributed by atoms with Crippen LogP contribution in [-0.4, -0.2) is 27.2 Å². The van der Waals surface area contributed by atoms with Crippen molar-refractivity contribution in [1.82, 2.24) is 20.3 Å². The molecule has 0 spiro atoms. The molecule has 4 nitrogen and oxygen atoms in total. The monoisotopic (exact) mass is 296 g/mol. The second-order valence-electron chi connectivity index (χ2n) is 4.54. The second kappa shape index (κ2) is 7.15. The Morgan fingerprint density at radius 1 is 0.952 bits per heavy atom. The van der Waals surface area contributed by atoms with Crippen LogP contribution in [0.5, 0.6) is 0 Å². The first kappa shape index (κ1) is 14.0. The van der Waals surface area contributed by atoms with Gasteiger partial charge in [0.15, 0.2) is 0 Å². The lowest BCUT2D eigenvalue weighted by Gasteiger charge is -2.06. The van der Waals surface area contributed by atoms with Crippen LogP contribution in [0.3, 0.4) is 0 Å². The van der Waals surface area contributed by atoms with Gasteiger partial charge in [-0.3, -0.25) is 4.98 Å². The zero-order valence-electron chi connectivity index (χ0n) is 11.6. The summed E-state index contributed by atoms with van der Waals surface area (Å²) in [4.78, 5) is 12.9. The maximum absolute atomic E-state index is 4.37. The van der Waals surface area contributed by atoms with Crippen molar-refractivity contribution < 1.29 is 0 Å². The van der Waals surface area contributed by atoms with Crippen LogP contribution in [0.2, 0.25) is 0 Å². The van der Waals surface area contributed by atoms with E-state index in [1.165, 1.54) is 0 Å². The molecule has 0 atom stereocenters. The fourth-order valence-electron chi connectivity index (χ4n) is 2.03. The summed E-state index contributed by atoms with van der Waals surface area (Å²) in [6.45, 7) is 1.71. The largest absolute Gasteiger partial charge is 0.310 e. The number of nitrogens with zero attached hydrogens (tertiary/aromatic N) is 3. The minimum absolute atomic E-state index is 0.798. The zero-order valence-corrected chi connectivity index (χ0v) is 12.4. The van der Waals surface area contributed by atoms with Crippen molar-refractivity contribution in [3.63, 3.8) is 0 Å². The van der Waals surface area contributed by atoms with E-state index in [1.807, 2.05) is 42.6 Å². The smallest absolute Gasteiger partial charge is 0.117 e. The van der Waals surface area contributed by atoms with E-state index in [4.69, 9.17) is 0 Å². The predicted molar refractivity (Wildman–Crippen MR) is 86.2 cm³/mol. The Morgan fingerprint density at radius 2 is 1.86 bits per heavy atom.